The fourth-order valence-corrected chi connectivity index (χ4v) is 3.73. The maximum Gasteiger partial charge on any atom is 0.112 e. The van der Waals surface area contributed by atoms with Gasteiger partial charge in [0.15, 0.2) is 0 Å². The van der Waals surface area contributed by atoms with Crippen molar-refractivity contribution in [3.63, 3.8) is 0 Å². The predicted molar refractivity (Wildman–Crippen MR) is 92.5 cm³/mol. The van der Waals surface area contributed by atoms with Crippen LogP contribution in [-0.4, -0.2) is 35.1 Å². The summed E-state index contributed by atoms with van der Waals surface area (Å²) in [4.78, 5) is 8.28. The number of benzene rings is 1. The Morgan fingerprint density at radius 3 is 2.64 bits per heavy atom. The van der Waals surface area contributed by atoms with Gasteiger partial charge in [-0.1, -0.05) is 18.2 Å². The highest BCUT2D eigenvalue weighted by atomic mass is 32.2. The second kappa shape index (κ2) is 6.02. The third kappa shape index (κ3) is 2.58. The third-order valence-electron chi connectivity index (χ3n) is 3.91. The first kappa shape index (κ1) is 13.7. The number of anilines is 1. The average molecular weight is 310 g/mol. The standard InChI is InChI=1S/C17H18N4S/c1-2-5-14(6-3-1)22-21-13-16(20-11-9-18-10-12-20)17-15(21)7-4-8-19-17/h1-8,13,18H,9-12H2. The van der Waals surface area contributed by atoms with Crippen molar-refractivity contribution in [2.24, 2.45) is 0 Å². The van der Waals surface area contributed by atoms with Gasteiger partial charge in [0, 0.05) is 43.5 Å². The topological polar surface area (TPSA) is 33.1 Å². The molecule has 3 heterocycles. The molecule has 22 heavy (non-hydrogen) atoms. The Kier molecular flexibility index (Phi) is 3.74. The molecule has 1 fully saturated rings. The van der Waals surface area contributed by atoms with E-state index in [1.54, 1.807) is 11.9 Å². The lowest BCUT2D eigenvalue weighted by molar-refractivity contribution is 0.590. The highest BCUT2D eigenvalue weighted by Gasteiger charge is 2.18. The van der Waals surface area contributed by atoms with Crippen molar-refractivity contribution in [3.05, 3.63) is 54.9 Å². The molecule has 5 heteroatoms. The number of rotatable bonds is 3. The van der Waals surface area contributed by atoms with Crippen LogP contribution >= 0.6 is 11.9 Å². The zero-order valence-electron chi connectivity index (χ0n) is 12.3. The molecule has 0 radical (unpaired) electrons. The molecule has 0 amide bonds. The summed E-state index contributed by atoms with van der Waals surface area (Å²) in [5.41, 5.74) is 3.50. The molecule has 0 aliphatic carbocycles. The molecule has 4 nitrogen and oxygen atoms in total. The van der Waals surface area contributed by atoms with Crippen LogP contribution < -0.4 is 10.2 Å². The number of pyridine rings is 1. The fourth-order valence-electron chi connectivity index (χ4n) is 2.82. The van der Waals surface area contributed by atoms with Gasteiger partial charge in [-0.25, -0.2) is 0 Å². The molecule has 0 saturated carbocycles. The number of fused-ring (bicyclic) bond motifs is 1. The number of piperazine rings is 1. The molecule has 0 atom stereocenters. The van der Waals surface area contributed by atoms with E-state index >= 15 is 0 Å². The number of aromatic nitrogens is 2. The Labute approximate surface area is 134 Å². The van der Waals surface area contributed by atoms with Crippen molar-refractivity contribution in [3.8, 4) is 0 Å². The van der Waals surface area contributed by atoms with Crippen LogP contribution in [0.1, 0.15) is 0 Å². The summed E-state index contributed by atoms with van der Waals surface area (Å²) in [5.74, 6) is 0. The largest absolute Gasteiger partial charge is 0.366 e. The Hall–Kier alpha value is -1.98. The SMILES string of the molecule is c1ccc(Sn2cc(N3CCNCC3)c3ncccc32)cc1. The van der Waals surface area contributed by atoms with Crippen LogP contribution in [0.25, 0.3) is 11.0 Å². The smallest absolute Gasteiger partial charge is 0.112 e. The zero-order chi connectivity index (χ0) is 14.8. The Bertz CT molecular complexity index is 763. The van der Waals surface area contributed by atoms with Crippen LogP contribution in [0.4, 0.5) is 5.69 Å². The van der Waals surface area contributed by atoms with Gasteiger partial charge in [-0.15, -0.1) is 0 Å². The van der Waals surface area contributed by atoms with Crippen LogP contribution in [0.2, 0.25) is 0 Å². The third-order valence-corrected chi connectivity index (χ3v) is 4.89. The van der Waals surface area contributed by atoms with Crippen molar-refractivity contribution < 1.29 is 0 Å². The maximum absolute atomic E-state index is 4.62. The Morgan fingerprint density at radius 1 is 1.00 bits per heavy atom. The summed E-state index contributed by atoms with van der Waals surface area (Å²) in [6.07, 6.45) is 4.10. The second-order valence-electron chi connectivity index (χ2n) is 5.35. The van der Waals surface area contributed by atoms with Gasteiger partial charge in [0.2, 0.25) is 0 Å². The molecule has 0 spiro atoms. The lowest BCUT2D eigenvalue weighted by Crippen LogP contribution is -2.43. The summed E-state index contributed by atoms with van der Waals surface area (Å²) in [6.45, 7) is 4.13. The summed E-state index contributed by atoms with van der Waals surface area (Å²) in [5, 5.41) is 3.41. The summed E-state index contributed by atoms with van der Waals surface area (Å²) in [7, 11) is 0. The van der Waals surface area contributed by atoms with Crippen molar-refractivity contribution >= 4 is 28.7 Å². The maximum atomic E-state index is 4.62. The number of nitrogens with one attached hydrogen (secondary N) is 1. The normalized spacial score (nSPS) is 15.4. The molecule has 4 rings (SSSR count). The van der Waals surface area contributed by atoms with Gasteiger partial charge in [0.1, 0.15) is 5.52 Å². The van der Waals surface area contributed by atoms with Gasteiger partial charge >= 0.3 is 0 Å². The number of nitrogens with zero attached hydrogens (tertiary/aromatic N) is 3. The van der Waals surface area contributed by atoms with Crippen LogP contribution in [-0.2, 0) is 0 Å². The molecule has 1 saturated heterocycles. The van der Waals surface area contributed by atoms with Gasteiger partial charge < -0.3 is 10.2 Å². The number of hydrogen-bond donors (Lipinski definition) is 1. The highest BCUT2D eigenvalue weighted by Crippen LogP contribution is 2.33. The fraction of sp³-hybridized carbons (Fsp3) is 0.235. The molecule has 112 valence electrons. The molecule has 1 aliphatic heterocycles. The minimum Gasteiger partial charge on any atom is -0.366 e. The lowest BCUT2D eigenvalue weighted by atomic mass is 10.3. The zero-order valence-corrected chi connectivity index (χ0v) is 13.1. The van der Waals surface area contributed by atoms with E-state index in [4.69, 9.17) is 0 Å². The molecular formula is C17H18N4S. The Balaban J connectivity index is 1.75. The minimum atomic E-state index is 1.03. The molecule has 3 aromatic rings. The van der Waals surface area contributed by atoms with Gasteiger partial charge in [-0.05, 0) is 36.2 Å². The lowest BCUT2D eigenvalue weighted by Gasteiger charge is -2.28. The van der Waals surface area contributed by atoms with E-state index in [9.17, 15) is 0 Å². The van der Waals surface area contributed by atoms with E-state index in [1.165, 1.54) is 16.1 Å². The highest BCUT2D eigenvalue weighted by molar-refractivity contribution is 7.98. The first-order chi connectivity index (χ1) is 10.9. The van der Waals surface area contributed by atoms with Crippen LogP contribution in [0.3, 0.4) is 0 Å². The molecular weight excluding hydrogens is 292 g/mol. The molecule has 1 aliphatic rings. The van der Waals surface area contributed by atoms with E-state index < -0.39 is 0 Å². The Morgan fingerprint density at radius 2 is 1.82 bits per heavy atom. The van der Waals surface area contributed by atoms with E-state index in [0.717, 1.165) is 31.7 Å². The van der Waals surface area contributed by atoms with Crippen LogP contribution in [0.15, 0.2) is 59.8 Å². The van der Waals surface area contributed by atoms with Crippen molar-refractivity contribution in [2.75, 3.05) is 31.1 Å². The minimum absolute atomic E-state index is 1.03. The summed E-state index contributed by atoms with van der Waals surface area (Å²) < 4.78 is 2.23. The first-order valence-corrected chi connectivity index (χ1v) is 8.34. The molecule has 0 unspecified atom stereocenters. The van der Waals surface area contributed by atoms with Crippen molar-refractivity contribution in [1.82, 2.24) is 14.3 Å². The van der Waals surface area contributed by atoms with Crippen LogP contribution in [0.5, 0.6) is 0 Å². The monoisotopic (exact) mass is 310 g/mol. The predicted octanol–water partition coefficient (Wildman–Crippen LogP) is 3.00. The van der Waals surface area contributed by atoms with Gasteiger partial charge in [0.05, 0.1) is 11.2 Å². The average Bonchev–Trinajstić information content (AvgIpc) is 2.96. The molecule has 0 bridgehead atoms. The van der Waals surface area contributed by atoms with E-state index in [0.29, 0.717) is 0 Å². The summed E-state index contributed by atoms with van der Waals surface area (Å²) in [6, 6.07) is 14.6. The van der Waals surface area contributed by atoms with Crippen molar-refractivity contribution in [2.45, 2.75) is 4.90 Å². The second-order valence-corrected chi connectivity index (χ2v) is 6.40. The van der Waals surface area contributed by atoms with Gasteiger partial charge in [-0.2, -0.15) is 0 Å². The molecule has 1 N–H and O–H groups in total. The number of hydrogen-bond acceptors (Lipinski definition) is 4. The van der Waals surface area contributed by atoms with Gasteiger partial charge in [-0.3, -0.25) is 8.96 Å². The van der Waals surface area contributed by atoms with Crippen molar-refractivity contribution in [1.29, 1.82) is 0 Å². The van der Waals surface area contributed by atoms with E-state index in [1.807, 2.05) is 18.3 Å². The molecule has 1 aromatic carbocycles. The van der Waals surface area contributed by atoms with Gasteiger partial charge in [0.25, 0.3) is 0 Å². The first-order valence-electron chi connectivity index (χ1n) is 7.57. The summed E-state index contributed by atoms with van der Waals surface area (Å²) >= 11 is 1.74. The quantitative estimate of drug-likeness (QED) is 0.806. The van der Waals surface area contributed by atoms with E-state index in [2.05, 4.69) is 55.7 Å². The van der Waals surface area contributed by atoms with Crippen LogP contribution in [0, 0.1) is 0 Å². The molecule has 2 aromatic heterocycles. The van der Waals surface area contributed by atoms with E-state index in [-0.39, 0.29) is 0 Å².